The summed E-state index contributed by atoms with van der Waals surface area (Å²) in [6.07, 6.45) is 2.44. The minimum absolute atomic E-state index is 0.183. The second kappa shape index (κ2) is 8.55. The second-order valence-corrected chi connectivity index (χ2v) is 9.83. The lowest BCUT2D eigenvalue weighted by atomic mass is 9.91. The molecule has 0 aromatic heterocycles. The Balaban J connectivity index is 0.00000117. The van der Waals surface area contributed by atoms with Crippen molar-refractivity contribution >= 4 is 24.4 Å². The Labute approximate surface area is 200 Å². The van der Waals surface area contributed by atoms with E-state index in [1.807, 2.05) is 36.0 Å². The average molecular weight is 462 g/mol. The zero-order chi connectivity index (χ0) is 23.9. The standard InChI is InChI=1S/C26H29N3O3.CH2O/c1-27-14-16-28(17-15-27)20-8-6-19(7-9-20)25(10-11-25)24(31)29-13-12-26(18-29)22-5-3-2-4-21(22)23(30)32-26;1-2/h2-9H,10-18H2,1H3;1H2/t26-;/m0./s1. The highest BCUT2D eigenvalue weighted by molar-refractivity contribution is 5.96. The fourth-order valence-electron chi connectivity index (χ4n) is 5.71. The molecule has 178 valence electrons. The largest absolute Gasteiger partial charge is 0.449 e. The van der Waals surface area contributed by atoms with E-state index in [-0.39, 0.29) is 11.9 Å². The van der Waals surface area contributed by atoms with Gasteiger partial charge in [-0.25, -0.2) is 4.79 Å². The Morgan fingerprint density at radius 1 is 0.912 bits per heavy atom. The molecule has 0 bridgehead atoms. The van der Waals surface area contributed by atoms with Crippen molar-refractivity contribution < 1.29 is 19.1 Å². The van der Waals surface area contributed by atoms with Crippen LogP contribution in [0.25, 0.3) is 0 Å². The Morgan fingerprint density at radius 2 is 1.59 bits per heavy atom. The summed E-state index contributed by atoms with van der Waals surface area (Å²) >= 11 is 0. The molecule has 3 heterocycles. The van der Waals surface area contributed by atoms with Gasteiger partial charge in [-0.3, -0.25) is 4.79 Å². The molecule has 1 atom stereocenters. The third-order valence-electron chi connectivity index (χ3n) is 7.89. The zero-order valence-corrected chi connectivity index (χ0v) is 19.7. The van der Waals surface area contributed by atoms with Gasteiger partial charge in [0.1, 0.15) is 6.79 Å². The number of likely N-dealkylation sites (N-methyl/N-ethyl adjacent to an activating group) is 1. The van der Waals surface area contributed by atoms with E-state index >= 15 is 0 Å². The molecular weight excluding hydrogens is 430 g/mol. The lowest BCUT2D eigenvalue weighted by Crippen LogP contribution is -2.44. The molecule has 1 aliphatic carbocycles. The predicted octanol–water partition coefficient (Wildman–Crippen LogP) is 2.58. The van der Waals surface area contributed by atoms with E-state index < -0.39 is 11.0 Å². The third-order valence-corrected chi connectivity index (χ3v) is 7.89. The van der Waals surface area contributed by atoms with Gasteiger partial charge >= 0.3 is 5.97 Å². The molecule has 6 rings (SSSR count). The number of hydrogen-bond donors (Lipinski definition) is 0. The smallest absolute Gasteiger partial charge is 0.339 e. The van der Waals surface area contributed by atoms with Crippen LogP contribution in [0.5, 0.6) is 0 Å². The first-order valence-corrected chi connectivity index (χ1v) is 12.0. The summed E-state index contributed by atoms with van der Waals surface area (Å²) in [5.74, 6) is -0.0855. The second-order valence-electron chi connectivity index (χ2n) is 9.83. The number of carbonyl (C=O) groups excluding carboxylic acids is 3. The van der Waals surface area contributed by atoms with Gasteiger partial charge in [0.15, 0.2) is 5.60 Å². The minimum Gasteiger partial charge on any atom is -0.449 e. The van der Waals surface area contributed by atoms with Gasteiger partial charge in [-0.2, -0.15) is 0 Å². The van der Waals surface area contributed by atoms with Crippen LogP contribution in [0.2, 0.25) is 0 Å². The molecule has 1 saturated carbocycles. The highest BCUT2D eigenvalue weighted by atomic mass is 16.6. The van der Waals surface area contributed by atoms with Crippen LogP contribution in [0.15, 0.2) is 48.5 Å². The molecule has 3 fully saturated rings. The van der Waals surface area contributed by atoms with Crippen LogP contribution in [0.4, 0.5) is 5.69 Å². The lowest BCUT2D eigenvalue weighted by Gasteiger charge is -2.34. The summed E-state index contributed by atoms with van der Waals surface area (Å²) in [6.45, 7) is 7.31. The van der Waals surface area contributed by atoms with Crippen LogP contribution < -0.4 is 4.90 Å². The van der Waals surface area contributed by atoms with E-state index in [1.165, 1.54) is 5.69 Å². The molecule has 1 amide bonds. The number of nitrogens with zero attached hydrogens (tertiary/aromatic N) is 3. The fraction of sp³-hybridized carbons (Fsp3) is 0.444. The Hall–Kier alpha value is -3.19. The summed E-state index contributed by atoms with van der Waals surface area (Å²) in [6, 6.07) is 16.2. The highest BCUT2D eigenvalue weighted by Gasteiger charge is 2.57. The topological polar surface area (TPSA) is 70.2 Å². The number of benzene rings is 2. The van der Waals surface area contributed by atoms with E-state index in [0.717, 1.165) is 50.1 Å². The van der Waals surface area contributed by atoms with Gasteiger partial charge in [-0.1, -0.05) is 30.3 Å². The summed E-state index contributed by atoms with van der Waals surface area (Å²) in [5.41, 5.74) is 2.84. The normalized spacial score (nSPS) is 24.9. The quantitative estimate of drug-likeness (QED) is 0.655. The number of hydrogen-bond acceptors (Lipinski definition) is 6. The van der Waals surface area contributed by atoms with Crippen molar-refractivity contribution in [3.05, 3.63) is 65.2 Å². The minimum atomic E-state index is -0.676. The number of rotatable bonds is 3. The Kier molecular flexibility index (Phi) is 5.68. The van der Waals surface area contributed by atoms with E-state index in [9.17, 15) is 9.59 Å². The molecule has 3 aliphatic heterocycles. The average Bonchev–Trinajstić information content (AvgIpc) is 3.51. The monoisotopic (exact) mass is 461 g/mol. The summed E-state index contributed by atoms with van der Waals surface area (Å²) in [4.78, 5) is 40.7. The molecule has 7 heteroatoms. The summed E-state index contributed by atoms with van der Waals surface area (Å²) in [5, 5.41) is 0. The third kappa shape index (κ3) is 3.59. The number of anilines is 1. The first kappa shape index (κ1) is 22.6. The van der Waals surface area contributed by atoms with E-state index in [2.05, 4.69) is 41.1 Å². The van der Waals surface area contributed by atoms with Crippen molar-refractivity contribution in [2.24, 2.45) is 0 Å². The van der Waals surface area contributed by atoms with Crippen LogP contribution in [0.1, 0.15) is 40.7 Å². The molecule has 2 aromatic carbocycles. The molecule has 0 N–H and O–H groups in total. The Morgan fingerprint density at radius 3 is 2.26 bits per heavy atom. The Bertz CT molecular complexity index is 1090. The van der Waals surface area contributed by atoms with Crippen molar-refractivity contribution in [1.82, 2.24) is 9.80 Å². The van der Waals surface area contributed by atoms with Crippen LogP contribution in [0.3, 0.4) is 0 Å². The number of likely N-dealkylation sites (tertiary alicyclic amines) is 1. The molecule has 1 spiro atoms. The molecule has 4 aliphatic rings. The summed E-state index contributed by atoms with van der Waals surface area (Å²) in [7, 11) is 2.16. The van der Waals surface area contributed by atoms with Crippen LogP contribution in [-0.4, -0.2) is 74.8 Å². The van der Waals surface area contributed by atoms with Crippen molar-refractivity contribution in [2.45, 2.75) is 30.3 Å². The SMILES string of the molecule is C=O.CN1CCN(c2ccc(C3(C(=O)N4CC[C@@]5(C4)OC(=O)c4ccccc45)CC3)cc2)CC1. The maximum atomic E-state index is 13.7. The molecule has 7 nitrogen and oxygen atoms in total. The number of fused-ring (bicyclic) bond motifs is 2. The van der Waals surface area contributed by atoms with Gasteiger partial charge in [0.25, 0.3) is 0 Å². The van der Waals surface area contributed by atoms with Crippen LogP contribution >= 0.6 is 0 Å². The lowest BCUT2D eigenvalue weighted by molar-refractivity contribution is -0.134. The molecule has 0 unspecified atom stereocenters. The van der Waals surface area contributed by atoms with Crippen molar-refractivity contribution in [2.75, 3.05) is 51.2 Å². The zero-order valence-electron chi connectivity index (χ0n) is 19.7. The van der Waals surface area contributed by atoms with Gasteiger partial charge in [0, 0.05) is 50.4 Å². The van der Waals surface area contributed by atoms with Gasteiger partial charge < -0.3 is 24.2 Å². The first-order chi connectivity index (χ1) is 16.5. The molecular formula is C27H31N3O4. The molecule has 2 saturated heterocycles. The van der Waals surface area contributed by atoms with E-state index in [1.54, 1.807) is 0 Å². The highest BCUT2D eigenvalue weighted by Crippen LogP contribution is 2.52. The predicted molar refractivity (Wildman–Crippen MR) is 129 cm³/mol. The summed E-state index contributed by atoms with van der Waals surface area (Å²) < 4.78 is 5.85. The van der Waals surface area contributed by atoms with Crippen molar-refractivity contribution in [3.63, 3.8) is 0 Å². The van der Waals surface area contributed by atoms with Gasteiger partial charge in [-0.05, 0) is 43.7 Å². The van der Waals surface area contributed by atoms with Crippen LogP contribution in [-0.2, 0) is 25.3 Å². The van der Waals surface area contributed by atoms with Gasteiger partial charge in [-0.15, -0.1) is 0 Å². The maximum Gasteiger partial charge on any atom is 0.339 e. The maximum absolute atomic E-state index is 13.7. The van der Waals surface area contributed by atoms with Gasteiger partial charge in [0.05, 0.1) is 17.5 Å². The number of ether oxygens (including phenoxy) is 1. The number of piperazine rings is 1. The van der Waals surface area contributed by atoms with E-state index in [4.69, 9.17) is 9.53 Å². The fourth-order valence-corrected chi connectivity index (χ4v) is 5.71. The van der Waals surface area contributed by atoms with Gasteiger partial charge in [0.2, 0.25) is 5.91 Å². The first-order valence-electron chi connectivity index (χ1n) is 12.0. The molecule has 2 aromatic rings. The number of esters is 1. The number of amides is 1. The van der Waals surface area contributed by atoms with E-state index in [0.29, 0.717) is 25.1 Å². The molecule has 0 radical (unpaired) electrons. The molecule has 34 heavy (non-hydrogen) atoms. The van der Waals surface area contributed by atoms with Crippen LogP contribution in [0, 0.1) is 0 Å². The van der Waals surface area contributed by atoms with Crippen molar-refractivity contribution in [3.8, 4) is 0 Å². The number of carbonyl (C=O) groups is 3. The van der Waals surface area contributed by atoms with Crippen molar-refractivity contribution in [1.29, 1.82) is 0 Å².